The highest BCUT2D eigenvalue weighted by molar-refractivity contribution is 7.92. The Morgan fingerprint density at radius 1 is 0.929 bits per heavy atom. The number of nitrogens with one attached hydrogen (secondary N) is 2. The molecule has 0 saturated carbocycles. The van der Waals surface area contributed by atoms with Crippen molar-refractivity contribution in [2.24, 2.45) is 0 Å². The third-order valence-corrected chi connectivity index (χ3v) is 5.23. The fourth-order valence-electron chi connectivity index (χ4n) is 2.46. The van der Waals surface area contributed by atoms with E-state index in [2.05, 4.69) is 20.2 Å². The minimum Gasteiger partial charge on any atom is -0.328 e. The van der Waals surface area contributed by atoms with Crippen molar-refractivity contribution < 1.29 is 13.2 Å². The van der Waals surface area contributed by atoms with E-state index in [0.717, 1.165) is 5.69 Å². The molecule has 0 bridgehead atoms. The number of carbonyl (C=O) groups excluding carboxylic acids is 1. The summed E-state index contributed by atoms with van der Waals surface area (Å²) in [5, 5.41) is 10.6. The highest BCUT2D eigenvalue weighted by atomic mass is 32.2. The Balaban J connectivity index is 1.73. The maximum Gasteiger partial charge on any atom is 0.263 e. The number of para-hydroxylation sites is 1. The van der Waals surface area contributed by atoms with E-state index < -0.39 is 10.0 Å². The van der Waals surface area contributed by atoms with Crippen molar-refractivity contribution in [3.05, 3.63) is 66.7 Å². The van der Waals surface area contributed by atoms with Gasteiger partial charge in [0.15, 0.2) is 11.6 Å². The van der Waals surface area contributed by atoms with E-state index in [-0.39, 0.29) is 16.6 Å². The normalized spacial score (nSPS) is 10.9. The molecule has 0 unspecified atom stereocenters. The van der Waals surface area contributed by atoms with Crippen LogP contribution >= 0.6 is 0 Å². The van der Waals surface area contributed by atoms with Gasteiger partial charge in [0.1, 0.15) is 0 Å². The number of benzene rings is 2. The van der Waals surface area contributed by atoms with Crippen LogP contribution in [0.4, 0.5) is 23.0 Å². The van der Waals surface area contributed by atoms with E-state index in [4.69, 9.17) is 0 Å². The summed E-state index contributed by atoms with van der Waals surface area (Å²) in [5.41, 5.74) is 1.45. The third-order valence-electron chi connectivity index (χ3n) is 3.86. The molecule has 2 aromatic carbocycles. The topological polar surface area (TPSA) is 104 Å². The molecule has 0 aliphatic heterocycles. The maximum absolute atomic E-state index is 12.5. The molecule has 0 aliphatic carbocycles. The molecule has 0 spiro atoms. The van der Waals surface area contributed by atoms with Crippen LogP contribution in [-0.2, 0) is 14.8 Å². The number of hydrogen-bond acceptors (Lipinski definition) is 6. The van der Waals surface area contributed by atoms with Gasteiger partial charge in [-0.15, -0.1) is 10.2 Å². The zero-order chi connectivity index (χ0) is 20.1. The first-order valence-electron chi connectivity index (χ1n) is 8.38. The molecule has 0 radical (unpaired) electrons. The fraction of sp³-hybridized carbons (Fsp3) is 0.105. The molecule has 28 heavy (non-hydrogen) atoms. The van der Waals surface area contributed by atoms with Crippen molar-refractivity contribution in [2.45, 2.75) is 11.8 Å². The van der Waals surface area contributed by atoms with Gasteiger partial charge in [-0.1, -0.05) is 18.2 Å². The van der Waals surface area contributed by atoms with Crippen molar-refractivity contribution in [2.75, 3.05) is 22.0 Å². The lowest BCUT2D eigenvalue weighted by molar-refractivity contribution is -0.114. The Bertz CT molecular complexity index is 1050. The van der Waals surface area contributed by atoms with Gasteiger partial charge < -0.3 is 10.2 Å². The van der Waals surface area contributed by atoms with E-state index >= 15 is 0 Å². The number of hydrogen-bond donors (Lipinski definition) is 2. The number of rotatable bonds is 6. The van der Waals surface area contributed by atoms with Crippen LogP contribution in [-0.4, -0.2) is 31.6 Å². The molecule has 1 amide bonds. The van der Waals surface area contributed by atoms with Crippen molar-refractivity contribution in [1.82, 2.24) is 10.2 Å². The van der Waals surface area contributed by atoms with Crippen LogP contribution in [0.25, 0.3) is 0 Å². The van der Waals surface area contributed by atoms with Crippen LogP contribution in [0.1, 0.15) is 6.92 Å². The second-order valence-electron chi connectivity index (χ2n) is 5.98. The van der Waals surface area contributed by atoms with Crippen LogP contribution in [0.15, 0.2) is 71.6 Å². The summed E-state index contributed by atoms with van der Waals surface area (Å²) >= 11 is 0. The zero-order valence-corrected chi connectivity index (χ0v) is 16.1. The van der Waals surface area contributed by atoms with Gasteiger partial charge in [0.2, 0.25) is 5.91 Å². The van der Waals surface area contributed by atoms with Gasteiger partial charge in [0.05, 0.1) is 4.90 Å². The first-order chi connectivity index (χ1) is 13.3. The molecule has 0 aliphatic rings. The summed E-state index contributed by atoms with van der Waals surface area (Å²) < 4.78 is 27.4. The minimum absolute atomic E-state index is 0.0499. The lowest BCUT2D eigenvalue weighted by Gasteiger charge is -2.17. The summed E-state index contributed by atoms with van der Waals surface area (Å²) in [6.45, 7) is 1.38. The second-order valence-corrected chi connectivity index (χ2v) is 7.66. The van der Waals surface area contributed by atoms with Crippen LogP contribution in [0, 0.1) is 0 Å². The number of anilines is 4. The molecular weight excluding hydrogens is 378 g/mol. The summed E-state index contributed by atoms with van der Waals surface area (Å²) in [6, 6.07) is 18.7. The van der Waals surface area contributed by atoms with Gasteiger partial charge in [0.25, 0.3) is 10.0 Å². The SMILES string of the molecule is CC(=O)Nc1ccc(S(=O)(=O)Nc2ccc(N(C)c3ccccc3)nn2)cc1. The molecule has 1 aromatic heterocycles. The van der Waals surface area contributed by atoms with Crippen LogP contribution in [0.3, 0.4) is 0 Å². The number of amides is 1. The number of carbonyl (C=O) groups is 1. The van der Waals surface area contributed by atoms with Crippen LogP contribution < -0.4 is 14.9 Å². The molecule has 0 saturated heterocycles. The number of sulfonamides is 1. The molecule has 3 rings (SSSR count). The molecule has 9 heteroatoms. The van der Waals surface area contributed by atoms with Crippen molar-refractivity contribution >= 4 is 38.9 Å². The molecular formula is C19H19N5O3S. The van der Waals surface area contributed by atoms with Crippen molar-refractivity contribution in [3.63, 3.8) is 0 Å². The summed E-state index contributed by atoms with van der Waals surface area (Å²) in [4.78, 5) is 12.9. The van der Waals surface area contributed by atoms with Gasteiger partial charge in [-0.05, 0) is 48.5 Å². The summed E-state index contributed by atoms with van der Waals surface area (Å²) in [5.74, 6) is 0.453. The van der Waals surface area contributed by atoms with E-state index in [1.807, 2.05) is 42.3 Å². The second kappa shape index (κ2) is 8.05. The lowest BCUT2D eigenvalue weighted by Crippen LogP contribution is -2.16. The standard InChI is InChI=1S/C19H19N5O3S/c1-14(25)20-15-8-10-17(11-9-15)28(26,27)23-18-12-13-19(22-21-18)24(2)16-6-4-3-5-7-16/h3-13H,1-2H3,(H,20,25)(H,21,23). The van der Waals surface area contributed by atoms with Crippen LogP contribution in [0.5, 0.6) is 0 Å². The minimum atomic E-state index is -3.82. The Labute approximate surface area is 163 Å². The van der Waals surface area contributed by atoms with E-state index in [0.29, 0.717) is 11.5 Å². The average Bonchev–Trinajstić information content (AvgIpc) is 2.68. The highest BCUT2D eigenvalue weighted by Crippen LogP contribution is 2.22. The third kappa shape index (κ3) is 4.63. The van der Waals surface area contributed by atoms with Gasteiger partial charge in [-0.2, -0.15) is 0 Å². The lowest BCUT2D eigenvalue weighted by atomic mass is 10.3. The highest BCUT2D eigenvalue weighted by Gasteiger charge is 2.16. The fourth-order valence-corrected chi connectivity index (χ4v) is 3.46. The number of aromatic nitrogens is 2. The molecule has 0 fully saturated rings. The van der Waals surface area contributed by atoms with Crippen molar-refractivity contribution in [3.8, 4) is 0 Å². The van der Waals surface area contributed by atoms with E-state index in [9.17, 15) is 13.2 Å². The Kier molecular flexibility index (Phi) is 5.55. The average molecular weight is 397 g/mol. The largest absolute Gasteiger partial charge is 0.328 e. The van der Waals surface area contributed by atoms with E-state index in [1.54, 1.807) is 12.1 Å². The maximum atomic E-state index is 12.5. The Morgan fingerprint density at radius 3 is 2.18 bits per heavy atom. The predicted octanol–water partition coefficient (Wildman–Crippen LogP) is 3.00. The van der Waals surface area contributed by atoms with Crippen LogP contribution in [0.2, 0.25) is 0 Å². The Hall–Kier alpha value is -3.46. The van der Waals surface area contributed by atoms with Gasteiger partial charge in [-0.3, -0.25) is 9.52 Å². The first kappa shape index (κ1) is 19.3. The monoisotopic (exact) mass is 397 g/mol. The molecule has 0 atom stereocenters. The number of nitrogens with zero attached hydrogens (tertiary/aromatic N) is 3. The molecule has 8 nitrogen and oxygen atoms in total. The molecule has 144 valence electrons. The first-order valence-corrected chi connectivity index (χ1v) is 9.86. The molecule has 3 aromatic rings. The van der Waals surface area contributed by atoms with Gasteiger partial charge >= 0.3 is 0 Å². The van der Waals surface area contributed by atoms with E-state index in [1.165, 1.54) is 31.2 Å². The van der Waals surface area contributed by atoms with Gasteiger partial charge in [0, 0.05) is 25.3 Å². The Morgan fingerprint density at radius 2 is 1.61 bits per heavy atom. The smallest absolute Gasteiger partial charge is 0.263 e. The quantitative estimate of drug-likeness (QED) is 0.663. The summed E-state index contributed by atoms with van der Waals surface area (Å²) in [7, 11) is -1.98. The molecule has 1 heterocycles. The zero-order valence-electron chi connectivity index (χ0n) is 15.3. The molecule has 2 N–H and O–H groups in total. The van der Waals surface area contributed by atoms with Gasteiger partial charge in [-0.25, -0.2) is 8.42 Å². The van der Waals surface area contributed by atoms with Crippen molar-refractivity contribution in [1.29, 1.82) is 0 Å². The predicted molar refractivity (Wildman–Crippen MR) is 108 cm³/mol. The summed E-state index contributed by atoms with van der Waals surface area (Å²) in [6.07, 6.45) is 0.